The van der Waals surface area contributed by atoms with Crippen molar-refractivity contribution in [3.8, 4) is 33.4 Å². The van der Waals surface area contributed by atoms with Crippen LogP contribution in [0.2, 0.25) is 0 Å². The van der Waals surface area contributed by atoms with Crippen LogP contribution in [0.4, 0.5) is 0 Å². The minimum atomic E-state index is 0.972. The molecule has 0 nitrogen and oxygen atoms in total. The minimum absolute atomic E-state index is 0.972. The largest absolute Gasteiger partial charge is 0.121 e. The Morgan fingerprint density at radius 1 is 0.333 bits per heavy atom. The van der Waals surface area contributed by atoms with Gasteiger partial charge in [-0.25, -0.2) is 0 Å². The van der Waals surface area contributed by atoms with Gasteiger partial charge in [0.2, 0.25) is 0 Å². The summed E-state index contributed by atoms with van der Waals surface area (Å²) in [5, 5.41) is 0. The summed E-state index contributed by atoms with van der Waals surface area (Å²) in [6.45, 7) is 0. The van der Waals surface area contributed by atoms with Crippen LogP contribution in [-0.4, -0.2) is 0 Å². The van der Waals surface area contributed by atoms with E-state index in [1.54, 1.807) is 0 Å². The molecule has 7 aromatic rings. The molecule has 0 saturated heterocycles. The summed E-state index contributed by atoms with van der Waals surface area (Å²) in [7, 11) is 0. The number of hydrogen-bond acceptors (Lipinski definition) is 3. The molecule has 0 unspecified atom stereocenters. The zero-order valence-corrected chi connectivity index (χ0v) is 30.8. The zero-order valence-electron chi connectivity index (χ0n) is 28.3. The molecule has 3 aliphatic rings. The Balaban J connectivity index is 0.929. The molecule has 0 aromatic heterocycles. The summed E-state index contributed by atoms with van der Waals surface area (Å²) < 4.78 is 0. The molecule has 0 heterocycles. The molecule has 0 radical (unpaired) electrons. The summed E-state index contributed by atoms with van der Waals surface area (Å²) in [5.41, 5.74) is 21.7. The predicted molar refractivity (Wildman–Crippen MR) is 219 cm³/mol. The van der Waals surface area contributed by atoms with Crippen LogP contribution in [0.5, 0.6) is 0 Å². The lowest BCUT2D eigenvalue weighted by atomic mass is 10.0. The van der Waals surface area contributed by atoms with E-state index < -0.39 is 0 Å². The summed E-state index contributed by atoms with van der Waals surface area (Å²) in [6.07, 6.45) is 3.11. The van der Waals surface area contributed by atoms with Gasteiger partial charge >= 0.3 is 0 Å². The van der Waals surface area contributed by atoms with Gasteiger partial charge in [0.25, 0.3) is 0 Å². The highest BCUT2D eigenvalue weighted by molar-refractivity contribution is 8.01. The van der Waals surface area contributed by atoms with Crippen LogP contribution < -0.4 is 0 Å². The van der Waals surface area contributed by atoms with Gasteiger partial charge in [-0.05, 0) is 121 Å². The van der Waals surface area contributed by atoms with Gasteiger partial charge in [-0.3, -0.25) is 0 Å². The molecule has 7 aromatic carbocycles. The van der Waals surface area contributed by atoms with Crippen molar-refractivity contribution in [2.24, 2.45) is 0 Å². The number of benzene rings is 7. The third kappa shape index (κ3) is 5.76. The number of rotatable bonds is 9. The van der Waals surface area contributed by atoms with E-state index in [-0.39, 0.29) is 0 Å². The highest BCUT2D eigenvalue weighted by Crippen LogP contribution is 2.45. The van der Waals surface area contributed by atoms with Crippen molar-refractivity contribution in [3.05, 3.63) is 196 Å². The molecule has 10 rings (SSSR count). The lowest BCUT2D eigenvalue weighted by Crippen LogP contribution is -1.93. The third-order valence-electron chi connectivity index (χ3n) is 10.9. The molecule has 0 saturated carbocycles. The Labute approximate surface area is 313 Å². The first-order valence-electron chi connectivity index (χ1n) is 17.9. The fourth-order valence-electron chi connectivity index (χ4n) is 8.36. The summed E-state index contributed by atoms with van der Waals surface area (Å²) in [6, 6.07) is 54.7. The average Bonchev–Trinajstić information content (AvgIpc) is 3.88. The molecule has 51 heavy (non-hydrogen) atoms. The lowest BCUT2D eigenvalue weighted by molar-refractivity contribution is 1.15. The van der Waals surface area contributed by atoms with Crippen molar-refractivity contribution < 1.29 is 0 Å². The van der Waals surface area contributed by atoms with Crippen molar-refractivity contribution in [2.45, 2.75) is 51.2 Å². The highest BCUT2D eigenvalue weighted by atomic mass is 32.2. The normalized spacial score (nSPS) is 12.9. The fraction of sp³-hybridized carbons (Fsp3) is 0.125. The lowest BCUT2D eigenvalue weighted by Gasteiger charge is -2.15. The zero-order chi connectivity index (χ0) is 33.7. The molecule has 0 aliphatic heterocycles. The second kappa shape index (κ2) is 13.3. The highest BCUT2D eigenvalue weighted by Gasteiger charge is 2.23. The Morgan fingerprint density at radius 2 is 0.725 bits per heavy atom. The fourth-order valence-corrected chi connectivity index (χ4v) is 11.7. The van der Waals surface area contributed by atoms with Crippen LogP contribution >= 0.6 is 35.3 Å². The van der Waals surface area contributed by atoms with Crippen molar-refractivity contribution in [3.63, 3.8) is 0 Å². The van der Waals surface area contributed by atoms with Gasteiger partial charge in [0.15, 0.2) is 0 Å². The minimum Gasteiger partial charge on any atom is -0.121 e. The van der Waals surface area contributed by atoms with Crippen molar-refractivity contribution >= 4 is 35.3 Å². The van der Waals surface area contributed by atoms with E-state index in [9.17, 15) is 0 Å². The molecule has 3 heteroatoms. The second-order valence-corrected chi connectivity index (χ2v) is 16.9. The van der Waals surface area contributed by atoms with E-state index >= 15 is 0 Å². The first-order valence-corrected chi connectivity index (χ1v) is 20.8. The second-order valence-electron chi connectivity index (χ2n) is 13.8. The van der Waals surface area contributed by atoms with E-state index in [0.29, 0.717) is 0 Å². The molecule has 0 spiro atoms. The molecular weight excluding hydrogens is 673 g/mol. The van der Waals surface area contributed by atoms with Gasteiger partial charge in [-0.2, -0.15) is 0 Å². The van der Waals surface area contributed by atoms with Crippen LogP contribution in [0.3, 0.4) is 0 Å². The number of thioether (sulfide) groups is 3. The Kier molecular flexibility index (Phi) is 8.17. The standard InChI is InChI=1S/C48H36S3/c1-4-16-38-31(10-1)24-44-34(13-7-19-41(38)44)28-49-37-22-23-47(50-29-35-14-8-20-42-39-17-5-2-11-32(39)25-45(35)42)48(27-37)51-30-36-15-9-21-43-40-18-6-3-12-33(40)26-46(36)43/h1-23,27H,24-26,28-30H2. The molecule has 246 valence electrons. The Bertz CT molecular complexity index is 2470. The maximum absolute atomic E-state index is 2.47. The molecule has 0 N–H and O–H groups in total. The SMILES string of the molecule is c1ccc2c(c1)Cc1c(CSc3ccc(SCc4cccc5c4Cc4ccccc4-5)c(SCc4cccc5c4Cc4ccccc4-5)c3)cccc1-2. The summed E-state index contributed by atoms with van der Waals surface area (Å²) in [4.78, 5) is 4.11. The smallest absolute Gasteiger partial charge is 0.0235 e. The van der Waals surface area contributed by atoms with Gasteiger partial charge in [0.1, 0.15) is 0 Å². The molecule has 0 bridgehead atoms. The topological polar surface area (TPSA) is 0 Å². The van der Waals surface area contributed by atoms with E-state index in [2.05, 4.69) is 146 Å². The number of fused-ring (bicyclic) bond motifs is 9. The Morgan fingerprint density at radius 3 is 1.20 bits per heavy atom. The molecule has 0 amide bonds. The van der Waals surface area contributed by atoms with Crippen molar-refractivity contribution in [2.75, 3.05) is 0 Å². The van der Waals surface area contributed by atoms with Crippen LogP contribution in [0.15, 0.2) is 160 Å². The van der Waals surface area contributed by atoms with E-state index in [1.807, 2.05) is 35.3 Å². The molecule has 0 atom stereocenters. The predicted octanol–water partition coefficient (Wildman–Crippen LogP) is 13.3. The maximum atomic E-state index is 2.47. The number of hydrogen-bond donors (Lipinski definition) is 0. The van der Waals surface area contributed by atoms with E-state index in [0.717, 1.165) is 36.5 Å². The molecule has 0 fully saturated rings. The summed E-state index contributed by atoms with van der Waals surface area (Å²) >= 11 is 5.98. The van der Waals surface area contributed by atoms with Crippen LogP contribution in [-0.2, 0) is 36.5 Å². The van der Waals surface area contributed by atoms with Crippen LogP contribution in [0.25, 0.3) is 33.4 Å². The molecule has 3 aliphatic carbocycles. The summed E-state index contributed by atoms with van der Waals surface area (Å²) in [5.74, 6) is 2.93. The van der Waals surface area contributed by atoms with Crippen LogP contribution in [0.1, 0.15) is 50.1 Å². The van der Waals surface area contributed by atoms with E-state index in [4.69, 9.17) is 0 Å². The first kappa shape index (κ1) is 31.3. The van der Waals surface area contributed by atoms with Gasteiger partial charge in [0.05, 0.1) is 0 Å². The quantitative estimate of drug-likeness (QED) is 0.137. The van der Waals surface area contributed by atoms with Crippen molar-refractivity contribution in [1.82, 2.24) is 0 Å². The Hall–Kier alpha value is -4.41. The average molecular weight is 709 g/mol. The van der Waals surface area contributed by atoms with Crippen LogP contribution in [0, 0.1) is 0 Å². The maximum Gasteiger partial charge on any atom is 0.0235 e. The molecular formula is C48H36S3. The van der Waals surface area contributed by atoms with Gasteiger partial charge < -0.3 is 0 Å². The van der Waals surface area contributed by atoms with Gasteiger partial charge in [-0.1, -0.05) is 127 Å². The third-order valence-corrected chi connectivity index (χ3v) is 14.3. The van der Waals surface area contributed by atoms with Crippen molar-refractivity contribution in [1.29, 1.82) is 0 Å². The van der Waals surface area contributed by atoms with E-state index in [1.165, 1.54) is 98.1 Å². The monoisotopic (exact) mass is 708 g/mol. The first-order chi connectivity index (χ1) is 25.3. The van der Waals surface area contributed by atoms with Gasteiger partial charge in [-0.15, -0.1) is 35.3 Å². The van der Waals surface area contributed by atoms with Gasteiger partial charge in [0, 0.05) is 31.9 Å².